The molecule has 72 valence electrons. The molecule has 5 nitrogen and oxygen atoms in total. The van der Waals surface area contributed by atoms with E-state index >= 15 is 0 Å². The zero-order chi connectivity index (χ0) is 9.84. The van der Waals surface area contributed by atoms with Crippen LogP contribution in [0.25, 0.3) is 0 Å². The van der Waals surface area contributed by atoms with Crippen molar-refractivity contribution in [2.45, 2.75) is 26.3 Å². The minimum atomic E-state index is -0.313. The van der Waals surface area contributed by atoms with E-state index < -0.39 is 0 Å². The number of nitro groups is 1. The molecular formula is C8H13N3O2. The van der Waals surface area contributed by atoms with Crippen molar-refractivity contribution in [2.24, 2.45) is 0 Å². The first-order valence-electron chi connectivity index (χ1n) is 4.24. The molecule has 1 aromatic heterocycles. The van der Waals surface area contributed by atoms with E-state index in [0.717, 1.165) is 5.56 Å². The van der Waals surface area contributed by atoms with E-state index in [9.17, 15) is 10.1 Å². The quantitative estimate of drug-likeness (QED) is 0.522. The average Bonchev–Trinajstić information content (AvgIpc) is 2.48. The van der Waals surface area contributed by atoms with E-state index in [4.69, 9.17) is 0 Å². The predicted octanol–water partition coefficient (Wildman–Crippen LogP) is 1.28. The van der Waals surface area contributed by atoms with Crippen molar-refractivity contribution < 1.29 is 4.92 Å². The molecule has 0 fully saturated rings. The van der Waals surface area contributed by atoms with Crippen LogP contribution in [0, 0.1) is 10.1 Å². The van der Waals surface area contributed by atoms with Crippen molar-refractivity contribution in [2.75, 3.05) is 6.54 Å². The van der Waals surface area contributed by atoms with Crippen LogP contribution in [0.15, 0.2) is 12.4 Å². The molecule has 0 aliphatic carbocycles. The van der Waals surface area contributed by atoms with Crippen LogP contribution in [0.3, 0.4) is 0 Å². The molecule has 0 saturated heterocycles. The topological polar surface area (TPSA) is 61.0 Å². The van der Waals surface area contributed by atoms with Crippen LogP contribution in [0.4, 0.5) is 0 Å². The van der Waals surface area contributed by atoms with Gasteiger partial charge >= 0.3 is 0 Å². The second kappa shape index (κ2) is 4.02. The molecule has 0 aliphatic heterocycles. The Balaban J connectivity index is 2.54. The number of aromatic nitrogens is 2. The summed E-state index contributed by atoms with van der Waals surface area (Å²) in [5.41, 5.74) is 0.922. The van der Waals surface area contributed by atoms with Gasteiger partial charge < -0.3 is 0 Å². The average molecular weight is 183 g/mol. The fourth-order valence-electron chi connectivity index (χ4n) is 1.01. The first kappa shape index (κ1) is 9.70. The Morgan fingerprint density at radius 3 is 2.85 bits per heavy atom. The van der Waals surface area contributed by atoms with Crippen molar-refractivity contribution in [1.82, 2.24) is 9.78 Å². The highest BCUT2D eigenvalue weighted by Gasteiger charge is 2.04. The molecule has 1 aromatic rings. The highest BCUT2D eigenvalue weighted by atomic mass is 16.6. The second-order valence-electron chi connectivity index (χ2n) is 3.23. The molecule has 0 aliphatic rings. The van der Waals surface area contributed by atoms with E-state index in [1.165, 1.54) is 0 Å². The fourth-order valence-corrected chi connectivity index (χ4v) is 1.01. The number of rotatable bonds is 4. The lowest BCUT2D eigenvalue weighted by Gasteiger charge is -2.02. The van der Waals surface area contributed by atoms with E-state index in [1.54, 1.807) is 10.9 Å². The minimum Gasteiger partial charge on any atom is -0.270 e. The van der Waals surface area contributed by atoms with Crippen molar-refractivity contribution in [3.8, 4) is 0 Å². The summed E-state index contributed by atoms with van der Waals surface area (Å²) in [5.74, 6) is 0. The summed E-state index contributed by atoms with van der Waals surface area (Å²) in [7, 11) is 0. The summed E-state index contributed by atoms with van der Waals surface area (Å²) in [6.07, 6.45) is 4.00. The van der Waals surface area contributed by atoms with Crippen molar-refractivity contribution in [3.63, 3.8) is 0 Å². The van der Waals surface area contributed by atoms with Gasteiger partial charge in [0.05, 0.1) is 6.20 Å². The number of hydrogen-bond acceptors (Lipinski definition) is 3. The third kappa shape index (κ3) is 2.85. The Bertz CT molecular complexity index is 293. The zero-order valence-corrected chi connectivity index (χ0v) is 7.80. The lowest BCUT2D eigenvalue weighted by Crippen LogP contribution is -2.03. The van der Waals surface area contributed by atoms with Crippen LogP contribution in [-0.2, 0) is 6.42 Å². The minimum absolute atomic E-state index is 0.0240. The largest absolute Gasteiger partial charge is 0.270 e. The van der Waals surface area contributed by atoms with Crippen molar-refractivity contribution in [1.29, 1.82) is 0 Å². The van der Waals surface area contributed by atoms with Gasteiger partial charge in [0.25, 0.3) is 0 Å². The van der Waals surface area contributed by atoms with Gasteiger partial charge in [-0.3, -0.25) is 14.8 Å². The molecule has 0 N–H and O–H groups in total. The van der Waals surface area contributed by atoms with Crippen LogP contribution in [-0.4, -0.2) is 21.2 Å². The summed E-state index contributed by atoms with van der Waals surface area (Å²) in [4.78, 5) is 9.78. The molecular weight excluding hydrogens is 170 g/mol. The van der Waals surface area contributed by atoms with E-state index in [-0.39, 0.29) is 11.5 Å². The fraction of sp³-hybridized carbons (Fsp3) is 0.625. The molecule has 0 amide bonds. The number of hydrogen-bond donors (Lipinski definition) is 0. The summed E-state index contributed by atoms with van der Waals surface area (Å²) >= 11 is 0. The van der Waals surface area contributed by atoms with Gasteiger partial charge in [0.15, 0.2) is 0 Å². The molecule has 0 unspecified atom stereocenters. The van der Waals surface area contributed by atoms with Gasteiger partial charge in [0.2, 0.25) is 6.54 Å². The SMILES string of the molecule is CC(C)n1cc(CC[N+](=O)[O-])cn1. The molecule has 1 heterocycles. The van der Waals surface area contributed by atoms with Gasteiger partial charge in [-0.1, -0.05) is 0 Å². The third-order valence-corrected chi connectivity index (χ3v) is 1.77. The molecule has 13 heavy (non-hydrogen) atoms. The first-order chi connectivity index (χ1) is 6.09. The molecule has 1 rings (SSSR count). The van der Waals surface area contributed by atoms with Crippen LogP contribution in [0.2, 0.25) is 0 Å². The Kier molecular flexibility index (Phi) is 3.00. The van der Waals surface area contributed by atoms with E-state index in [2.05, 4.69) is 5.10 Å². The maximum absolute atomic E-state index is 10.1. The van der Waals surface area contributed by atoms with Crippen molar-refractivity contribution in [3.05, 3.63) is 28.1 Å². The molecule has 0 aromatic carbocycles. The maximum atomic E-state index is 10.1. The zero-order valence-electron chi connectivity index (χ0n) is 7.80. The smallest absolute Gasteiger partial charge is 0.208 e. The summed E-state index contributed by atoms with van der Waals surface area (Å²) < 4.78 is 1.80. The summed E-state index contributed by atoms with van der Waals surface area (Å²) in [6, 6.07) is 0.310. The lowest BCUT2D eigenvalue weighted by atomic mass is 10.2. The van der Waals surface area contributed by atoms with Crippen molar-refractivity contribution >= 4 is 0 Å². The van der Waals surface area contributed by atoms with Gasteiger partial charge in [0.1, 0.15) is 0 Å². The predicted molar refractivity (Wildman–Crippen MR) is 48.2 cm³/mol. The van der Waals surface area contributed by atoms with Crippen LogP contribution < -0.4 is 0 Å². The van der Waals surface area contributed by atoms with Gasteiger partial charge in [-0.15, -0.1) is 0 Å². The van der Waals surface area contributed by atoms with Crippen LogP contribution >= 0.6 is 0 Å². The monoisotopic (exact) mass is 183 g/mol. The second-order valence-corrected chi connectivity index (χ2v) is 3.23. The maximum Gasteiger partial charge on any atom is 0.208 e. The van der Waals surface area contributed by atoms with Crippen LogP contribution in [0.1, 0.15) is 25.5 Å². The lowest BCUT2D eigenvalue weighted by molar-refractivity contribution is -0.479. The van der Waals surface area contributed by atoms with E-state index in [1.807, 2.05) is 20.0 Å². The Hall–Kier alpha value is -1.39. The Morgan fingerprint density at radius 2 is 2.38 bits per heavy atom. The first-order valence-corrected chi connectivity index (χ1v) is 4.24. The number of nitrogens with zero attached hydrogens (tertiary/aromatic N) is 3. The third-order valence-electron chi connectivity index (χ3n) is 1.77. The van der Waals surface area contributed by atoms with Crippen LogP contribution in [0.5, 0.6) is 0 Å². The molecule has 0 saturated carbocycles. The Labute approximate surface area is 76.5 Å². The van der Waals surface area contributed by atoms with Gasteiger partial charge in [-0.25, -0.2) is 0 Å². The highest BCUT2D eigenvalue weighted by molar-refractivity contribution is 5.04. The normalized spacial score (nSPS) is 10.7. The molecule has 0 atom stereocenters. The van der Waals surface area contributed by atoms with Gasteiger partial charge in [-0.2, -0.15) is 5.10 Å². The standard InChI is InChI=1S/C8H13N3O2/c1-7(2)10-6-8(5-9-10)3-4-11(12)13/h5-7H,3-4H2,1-2H3. The Morgan fingerprint density at radius 1 is 1.69 bits per heavy atom. The molecule has 0 bridgehead atoms. The van der Waals surface area contributed by atoms with E-state index in [0.29, 0.717) is 12.5 Å². The highest BCUT2D eigenvalue weighted by Crippen LogP contribution is 2.05. The summed E-state index contributed by atoms with van der Waals surface area (Å²) in [5, 5.41) is 14.2. The van der Waals surface area contributed by atoms with Gasteiger partial charge in [0, 0.05) is 23.6 Å². The van der Waals surface area contributed by atoms with Gasteiger partial charge in [-0.05, 0) is 19.4 Å². The molecule has 0 radical (unpaired) electrons. The summed E-state index contributed by atoms with van der Waals surface area (Å²) in [6.45, 7) is 4.01. The molecule has 5 heteroatoms. The molecule has 0 spiro atoms.